The fourth-order valence-electron chi connectivity index (χ4n) is 1.61. The van der Waals surface area contributed by atoms with Crippen LogP contribution in [-0.4, -0.2) is 0 Å². The summed E-state index contributed by atoms with van der Waals surface area (Å²) in [6, 6.07) is 0. The van der Waals surface area contributed by atoms with Crippen molar-refractivity contribution >= 4 is 0 Å². The topological polar surface area (TPSA) is 0 Å². The minimum Gasteiger partial charge on any atom is -0.0825 e. The van der Waals surface area contributed by atoms with Crippen LogP contribution in [0.3, 0.4) is 0 Å². The molecule has 0 nitrogen and oxygen atoms in total. The number of hydrogen-bond donors (Lipinski definition) is 0. The second-order valence-electron chi connectivity index (χ2n) is 4.47. The fraction of sp³-hybridized carbons (Fsp3) is 0.846. The van der Waals surface area contributed by atoms with Crippen LogP contribution in [0.5, 0.6) is 0 Å². The first-order valence-corrected chi connectivity index (χ1v) is 5.70. The second-order valence-corrected chi connectivity index (χ2v) is 4.47. The van der Waals surface area contributed by atoms with Gasteiger partial charge in [-0.05, 0) is 31.1 Å². The van der Waals surface area contributed by atoms with Gasteiger partial charge in [0.15, 0.2) is 0 Å². The summed E-state index contributed by atoms with van der Waals surface area (Å²) in [6.07, 6.45) is 4.93. The van der Waals surface area contributed by atoms with E-state index >= 15 is 0 Å². The minimum absolute atomic E-state index is 0.731. The average molecular weight is 182 g/mol. The lowest BCUT2D eigenvalue weighted by Crippen LogP contribution is -2.14. The molecule has 0 amide bonds. The zero-order valence-corrected chi connectivity index (χ0v) is 10.2. The van der Waals surface area contributed by atoms with Gasteiger partial charge in [-0.3, -0.25) is 0 Å². The van der Waals surface area contributed by atoms with Crippen LogP contribution in [0.25, 0.3) is 0 Å². The lowest BCUT2D eigenvalue weighted by Gasteiger charge is -2.23. The van der Waals surface area contributed by atoms with Gasteiger partial charge in [0.1, 0.15) is 0 Å². The van der Waals surface area contributed by atoms with E-state index in [0.29, 0.717) is 0 Å². The molecule has 0 spiro atoms. The number of allylic oxidation sites excluding steroid dienone is 2. The van der Waals surface area contributed by atoms with Gasteiger partial charge in [0.05, 0.1) is 0 Å². The molecule has 0 aromatic carbocycles. The Morgan fingerprint density at radius 3 is 2.08 bits per heavy atom. The van der Waals surface area contributed by atoms with Gasteiger partial charge in [-0.15, -0.1) is 0 Å². The second kappa shape index (κ2) is 6.23. The third kappa shape index (κ3) is 4.50. The minimum atomic E-state index is 0.731. The standard InChI is InChI=1S/C13H26/c1-7-10(3)9-12(5)13(6)11(4)8-2/h9,11-13H,7-8H2,1-6H3. The predicted octanol–water partition coefficient (Wildman–Crippen LogP) is 4.66. The first kappa shape index (κ1) is 12.7. The summed E-state index contributed by atoms with van der Waals surface area (Å²) in [5, 5.41) is 0. The first-order chi connectivity index (χ1) is 6.02. The van der Waals surface area contributed by atoms with Crippen LogP contribution in [0.1, 0.15) is 54.4 Å². The summed E-state index contributed by atoms with van der Waals surface area (Å²) in [6.45, 7) is 13.8. The van der Waals surface area contributed by atoms with E-state index in [2.05, 4.69) is 47.6 Å². The van der Waals surface area contributed by atoms with Crippen molar-refractivity contribution in [2.45, 2.75) is 54.4 Å². The molecule has 0 heteroatoms. The van der Waals surface area contributed by atoms with E-state index in [4.69, 9.17) is 0 Å². The smallest absolute Gasteiger partial charge is 0.0231 e. The van der Waals surface area contributed by atoms with Gasteiger partial charge in [0, 0.05) is 0 Å². The zero-order chi connectivity index (χ0) is 10.4. The Kier molecular flexibility index (Phi) is 6.11. The van der Waals surface area contributed by atoms with Crippen LogP contribution in [0.2, 0.25) is 0 Å². The van der Waals surface area contributed by atoms with Crippen LogP contribution in [0, 0.1) is 17.8 Å². The van der Waals surface area contributed by atoms with E-state index in [0.717, 1.165) is 17.8 Å². The van der Waals surface area contributed by atoms with Crippen molar-refractivity contribution in [2.24, 2.45) is 17.8 Å². The summed E-state index contributed by atoms with van der Waals surface area (Å²) < 4.78 is 0. The Balaban J connectivity index is 4.17. The van der Waals surface area contributed by atoms with Crippen LogP contribution in [0.4, 0.5) is 0 Å². The Bertz CT molecular complexity index is 155. The number of rotatable bonds is 5. The molecule has 0 fully saturated rings. The largest absolute Gasteiger partial charge is 0.0825 e. The third-order valence-electron chi connectivity index (χ3n) is 3.48. The molecule has 0 aliphatic heterocycles. The lowest BCUT2D eigenvalue weighted by atomic mass is 9.82. The van der Waals surface area contributed by atoms with Crippen molar-refractivity contribution in [3.63, 3.8) is 0 Å². The van der Waals surface area contributed by atoms with Gasteiger partial charge in [-0.25, -0.2) is 0 Å². The van der Waals surface area contributed by atoms with Gasteiger partial charge < -0.3 is 0 Å². The summed E-state index contributed by atoms with van der Waals surface area (Å²) in [5.41, 5.74) is 1.53. The Hall–Kier alpha value is -0.260. The molecule has 13 heavy (non-hydrogen) atoms. The maximum atomic E-state index is 2.44. The molecule has 0 saturated carbocycles. The SMILES string of the molecule is CCC(C)=CC(C)C(C)C(C)CC. The fourth-order valence-corrected chi connectivity index (χ4v) is 1.61. The molecule has 0 aliphatic rings. The molecular formula is C13H26. The molecule has 0 saturated heterocycles. The third-order valence-corrected chi connectivity index (χ3v) is 3.48. The van der Waals surface area contributed by atoms with E-state index in [1.807, 2.05) is 0 Å². The highest BCUT2D eigenvalue weighted by Gasteiger charge is 2.15. The van der Waals surface area contributed by atoms with Crippen LogP contribution >= 0.6 is 0 Å². The molecule has 0 aliphatic carbocycles. The predicted molar refractivity (Wildman–Crippen MR) is 61.8 cm³/mol. The summed E-state index contributed by atoms with van der Waals surface area (Å²) in [5.74, 6) is 2.39. The molecule has 78 valence electrons. The molecular weight excluding hydrogens is 156 g/mol. The van der Waals surface area contributed by atoms with Crippen molar-refractivity contribution in [1.82, 2.24) is 0 Å². The zero-order valence-electron chi connectivity index (χ0n) is 10.2. The van der Waals surface area contributed by atoms with Crippen molar-refractivity contribution < 1.29 is 0 Å². The molecule has 0 aromatic heterocycles. The Morgan fingerprint density at radius 1 is 1.15 bits per heavy atom. The Morgan fingerprint density at radius 2 is 1.69 bits per heavy atom. The molecule has 0 aromatic rings. The highest BCUT2D eigenvalue weighted by molar-refractivity contribution is 5.00. The summed E-state index contributed by atoms with van der Waals surface area (Å²) in [4.78, 5) is 0. The highest BCUT2D eigenvalue weighted by Crippen LogP contribution is 2.25. The molecule has 0 N–H and O–H groups in total. The monoisotopic (exact) mass is 182 g/mol. The molecule has 0 bridgehead atoms. The molecule has 3 atom stereocenters. The Labute approximate surface area is 84.4 Å². The maximum absolute atomic E-state index is 2.44. The molecule has 0 rings (SSSR count). The quantitative estimate of drug-likeness (QED) is 0.542. The van der Waals surface area contributed by atoms with E-state index < -0.39 is 0 Å². The average Bonchev–Trinajstić information content (AvgIpc) is 2.14. The molecule has 0 radical (unpaired) electrons. The van der Waals surface area contributed by atoms with Crippen molar-refractivity contribution in [3.8, 4) is 0 Å². The lowest BCUT2D eigenvalue weighted by molar-refractivity contribution is 0.311. The van der Waals surface area contributed by atoms with E-state index in [1.165, 1.54) is 18.4 Å². The summed E-state index contributed by atoms with van der Waals surface area (Å²) >= 11 is 0. The number of hydrogen-bond acceptors (Lipinski definition) is 0. The summed E-state index contributed by atoms with van der Waals surface area (Å²) in [7, 11) is 0. The van der Waals surface area contributed by atoms with Gasteiger partial charge >= 0.3 is 0 Å². The van der Waals surface area contributed by atoms with E-state index in [1.54, 1.807) is 0 Å². The van der Waals surface area contributed by atoms with Crippen molar-refractivity contribution in [1.29, 1.82) is 0 Å². The van der Waals surface area contributed by atoms with E-state index in [9.17, 15) is 0 Å². The van der Waals surface area contributed by atoms with Gasteiger partial charge in [-0.1, -0.05) is 52.7 Å². The molecule has 3 unspecified atom stereocenters. The normalized spacial score (nSPS) is 19.7. The van der Waals surface area contributed by atoms with Gasteiger partial charge in [0.2, 0.25) is 0 Å². The van der Waals surface area contributed by atoms with Crippen molar-refractivity contribution in [2.75, 3.05) is 0 Å². The van der Waals surface area contributed by atoms with Gasteiger partial charge in [0.25, 0.3) is 0 Å². The highest BCUT2D eigenvalue weighted by atomic mass is 14.2. The van der Waals surface area contributed by atoms with Crippen molar-refractivity contribution in [3.05, 3.63) is 11.6 Å². The molecule has 0 heterocycles. The van der Waals surface area contributed by atoms with E-state index in [-0.39, 0.29) is 0 Å². The van der Waals surface area contributed by atoms with Gasteiger partial charge in [-0.2, -0.15) is 0 Å². The van der Waals surface area contributed by atoms with Crippen LogP contribution in [0.15, 0.2) is 11.6 Å². The first-order valence-electron chi connectivity index (χ1n) is 5.70. The van der Waals surface area contributed by atoms with Crippen LogP contribution in [-0.2, 0) is 0 Å². The van der Waals surface area contributed by atoms with Crippen LogP contribution < -0.4 is 0 Å². The maximum Gasteiger partial charge on any atom is -0.0231 e.